The molecule has 1 aromatic rings. The largest absolute Gasteiger partial charge is 0.342 e. The number of likely N-dealkylation sites (tertiary alicyclic amines) is 1. The van der Waals surface area contributed by atoms with Crippen molar-refractivity contribution in [3.63, 3.8) is 0 Å². The predicted molar refractivity (Wildman–Crippen MR) is 95.4 cm³/mol. The Bertz CT molecular complexity index is 694. The maximum Gasteiger partial charge on any atom is 0.249 e. The van der Waals surface area contributed by atoms with E-state index in [9.17, 15) is 14.4 Å². The number of nitrogens with zero attached hydrogens (tertiary/aromatic N) is 3. The molecule has 2 aliphatic heterocycles. The van der Waals surface area contributed by atoms with Gasteiger partial charge in [-0.3, -0.25) is 14.4 Å². The molecule has 2 fully saturated rings. The lowest BCUT2D eigenvalue weighted by molar-refractivity contribution is -0.137. The maximum absolute atomic E-state index is 12.7. The molecule has 1 aromatic carbocycles. The lowest BCUT2D eigenvalue weighted by Crippen LogP contribution is -2.44. The van der Waals surface area contributed by atoms with E-state index in [0.717, 1.165) is 13.0 Å². The summed E-state index contributed by atoms with van der Waals surface area (Å²) in [6.07, 6.45) is 2.25. The Kier molecular flexibility index (Phi) is 5.27. The van der Waals surface area contributed by atoms with E-state index in [0.29, 0.717) is 36.6 Å². The van der Waals surface area contributed by atoms with Gasteiger partial charge in [0.05, 0.1) is 10.7 Å². The van der Waals surface area contributed by atoms with Gasteiger partial charge in [0.15, 0.2) is 0 Å². The van der Waals surface area contributed by atoms with Gasteiger partial charge in [-0.2, -0.15) is 0 Å². The van der Waals surface area contributed by atoms with Gasteiger partial charge < -0.3 is 14.7 Å². The number of halogens is 1. The average Bonchev–Trinajstić information content (AvgIpc) is 3.18. The fraction of sp³-hybridized carbons (Fsp3) is 0.500. The van der Waals surface area contributed by atoms with Crippen LogP contribution in [0.2, 0.25) is 5.02 Å². The van der Waals surface area contributed by atoms with Crippen molar-refractivity contribution in [1.29, 1.82) is 0 Å². The summed E-state index contributed by atoms with van der Waals surface area (Å²) in [7, 11) is 1.66. The highest BCUT2D eigenvalue weighted by Crippen LogP contribution is 2.30. The Labute approximate surface area is 152 Å². The number of hydrogen-bond acceptors (Lipinski definition) is 3. The summed E-state index contributed by atoms with van der Waals surface area (Å²) in [4.78, 5) is 41.7. The minimum Gasteiger partial charge on any atom is -0.342 e. The molecule has 0 spiro atoms. The molecule has 3 rings (SSSR count). The third kappa shape index (κ3) is 3.63. The molecule has 0 bridgehead atoms. The third-order valence-electron chi connectivity index (χ3n) is 4.95. The molecule has 0 aromatic heterocycles. The van der Waals surface area contributed by atoms with Crippen LogP contribution in [0, 0.1) is 0 Å². The van der Waals surface area contributed by atoms with Gasteiger partial charge in [0.1, 0.15) is 6.04 Å². The Morgan fingerprint density at radius 3 is 2.72 bits per heavy atom. The van der Waals surface area contributed by atoms with E-state index in [1.807, 2.05) is 18.2 Å². The van der Waals surface area contributed by atoms with Crippen LogP contribution in [-0.2, 0) is 14.4 Å². The molecule has 3 amide bonds. The standard InChI is InChI=1S/C18H22ClN3O3/c1-20(16(23)9-11-21-10-4-7-17(21)24)15-8-12-22(18(15)25)14-6-3-2-5-13(14)19/h2-3,5-6,15H,4,7-12H2,1H3. The highest BCUT2D eigenvalue weighted by molar-refractivity contribution is 6.34. The average molecular weight is 364 g/mol. The fourth-order valence-electron chi connectivity index (χ4n) is 3.46. The highest BCUT2D eigenvalue weighted by atomic mass is 35.5. The number of likely N-dealkylation sites (N-methyl/N-ethyl adjacent to an activating group) is 1. The maximum atomic E-state index is 12.7. The molecule has 25 heavy (non-hydrogen) atoms. The van der Waals surface area contributed by atoms with Gasteiger partial charge in [0.2, 0.25) is 17.7 Å². The number of carbonyl (C=O) groups excluding carboxylic acids is 3. The van der Waals surface area contributed by atoms with Crippen molar-refractivity contribution in [2.45, 2.75) is 31.7 Å². The van der Waals surface area contributed by atoms with Gasteiger partial charge in [-0.25, -0.2) is 0 Å². The van der Waals surface area contributed by atoms with Crippen molar-refractivity contribution >= 4 is 35.0 Å². The third-order valence-corrected chi connectivity index (χ3v) is 5.27. The molecule has 7 heteroatoms. The van der Waals surface area contributed by atoms with Crippen LogP contribution in [0.25, 0.3) is 0 Å². The number of para-hydroxylation sites is 1. The predicted octanol–water partition coefficient (Wildman–Crippen LogP) is 1.92. The molecule has 2 aliphatic rings. The molecular formula is C18H22ClN3O3. The van der Waals surface area contributed by atoms with Crippen LogP contribution in [0.4, 0.5) is 5.69 Å². The number of rotatable bonds is 5. The van der Waals surface area contributed by atoms with E-state index in [1.54, 1.807) is 22.9 Å². The molecule has 2 heterocycles. The first-order valence-corrected chi connectivity index (χ1v) is 8.96. The number of anilines is 1. The van der Waals surface area contributed by atoms with Gasteiger partial charge in [0.25, 0.3) is 0 Å². The monoisotopic (exact) mass is 363 g/mol. The van der Waals surface area contributed by atoms with Crippen LogP contribution in [-0.4, -0.2) is 60.2 Å². The molecule has 0 N–H and O–H groups in total. The van der Waals surface area contributed by atoms with Crippen LogP contribution in [0.15, 0.2) is 24.3 Å². The van der Waals surface area contributed by atoms with Crippen LogP contribution in [0.1, 0.15) is 25.7 Å². The first-order chi connectivity index (χ1) is 12.0. The Morgan fingerprint density at radius 1 is 1.28 bits per heavy atom. The van der Waals surface area contributed by atoms with E-state index in [1.165, 1.54) is 4.90 Å². The summed E-state index contributed by atoms with van der Waals surface area (Å²) in [6, 6.07) is 6.74. The molecule has 6 nitrogen and oxygen atoms in total. The van der Waals surface area contributed by atoms with Gasteiger partial charge >= 0.3 is 0 Å². The first-order valence-electron chi connectivity index (χ1n) is 8.58. The van der Waals surface area contributed by atoms with Gasteiger partial charge in [-0.1, -0.05) is 23.7 Å². The van der Waals surface area contributed by atoms with Gasteiger partial charge in [-0.05, 0) is 25.0 Å². The van der Waals surface area contributed by atoms with E-state index in [-0.39, 0.29) is 24.1 Å². The minimum absolute atomic E-state index is 0.109. The second-order valence-corrected chi connectivity index (χ2v) is 6.89. The van der Waals surface area contributed by atoms with Gasteiger partial charge in [-0.15, -0.1) is 0 Å². The van der Waals surface area contributed by atoms with Crippen LogP contribution >= 0.6 is 11.6 Å². The molecule has 0 aliphatic carbocycles. The Morgan fingerprint density at radius 2 is 2.04 bits per heavy atom. The Balaban J connectivity index is 1.60. The second kappa shape index (κ2) is 7.44. The number of amides is 3. The molecule has 1 atom stereocenters. The topological polar surface area (TPSA) is 60.9 Å². The summed E-state index contributed by atoms with van der Waals surface area (Å²) in [5.41, 5.74) is 0.681. The molecule has 0 radical (unpaired) electrons. The van der Waals surface area contributed by atoms with Crippen molar-refractivity contribution in [3.8, 4) is 0 Å². The van der Waals surface area contributed by atoms with Crippen LogP contribution < -0.4 is 4.90 Å². The highest BCUT2D eigenvalue weighted by Gasteiger charge is 2.37. The first kappa shape index (κ1) is 17.7. The van der Waals surface area contributed by atoms with Crippen LogP contribution in [0.5, 0.6) is 0 Å². The van der Waals surface area contributed by atoms with Crippen molar-refractivity contribution in [2.75, 3.05) is 31.6 Å². The zero-order chi connectivity index (χ0) is 18.0. The van der Waals surface area contributed by atoms with E-state index < -0.39 is 6.04 Å². The quantitative estimate of drug-likeness (QED) is 0.803. The normalized spacial score (nSPS) is 20.5. The molecular weight excluding hydrogens is 342 g/mol. The van der Waals surface area contributed by atoms with E-state index in [4.69, 9.17) is 11.6 Å². The van der Waals surface area contributed by atoms with Crippen molar-refractivity contribution in [2.24, 2.45) is 0 Å². The second-order valence-electron chi connectivity index (χ2n) is 6.48. The SMILES string of the molecule is CN(C(=O)CCN1CCCC1=O)C1CCN(c2ccccc2Cl)C1=O. The summed E-state index contributed by atoms with van der Waals surface area (Å²) in [5, 5.41) is 0.526. The smallest absolute Gasteiger partial charge is 0.249 e. The Hall–Kier alpha value is -2.08. The zero-order valence-electron chi connectivity index (χ0n) is 14.3. The summed E-state index contributed by atoms with van der Waals surface area (Å²) in [5.74, 6) is -0.113. The summed E-state index contributed by atoms with van der Waals surface area (Å²) >= 11 is 6.18. The number of hydrogen-bond donors (Lipinski definition) is 0. The summed E-state index contributed by atoms with van der Waals surface area (Å²) in [6.45, 7) is 1.69. The van der Waals surface area contributed by atoms with Crippen molar-refractivity contribution in [3.05, 3.63) is 29.3 Å². The molecule has 2 saturated heterocycles. The number of carbonyl (C=O) groups is 3. The lowest BCUT2D eigenvalue weighted by Gasteiger charge is -2.25. The fourth-order valence-corrected chi connectivity index (χ4v) is 3.69. The molecule has 1 unspecified atom stereocenters. The number of benzene rings is 1. The van der Waals surface area contributed by atoms with E-state index in [2.05, 4.69) is 0 Å². The van der Waals surface area contributed by atoms with Crippen LogP contribution in [0.3, 0.4) is 0 Å². The van der Waals surface area contributed by atoms with E-state index >= 15 is 0 Å². The lowest BCUT2D eigenvalue weighted by atomic mass is 10.2. The van der Waals surface area contributed by atoms with Gasteiger partial charge in [0, 0.05) is 39.5 Å². The van der Waals surface area contributed by atoms with Crippen molar-refractivity contribution < 1.29 is 14.4 Å². The molecule has 0 saturated carbocycles. The summed E-state index contributed by atoms with van der Waals surface area (Å²) < 4.78 is 0. The zero-order valence-corrected chi connectivity index (χ0v) is 15.0. The molecule has 134 valence electrons. The minimum atomic E-state index is -0.474. The van der Waals surface area contributed by atoms with Crippen molar-refractivity contribution in [1.82, 2.24) is 9.80 Å².